The molecule has 0 fully saturated rings. The van der Waals surface area contributed by atoms with E-state index in [-0.39, 0.29) is 5.56 Å². The molecule has 5 heteroatoms. The standard InChI is InChI=1S/C4H3N3O2/c8-3-2-4(9-7-3)6-1-5-2/h1H,(H,5,6)(H,7,8). The van der Waals surface area contributed by atoms with Gasteiger partial charge in [0.05, 0.1) is 6.33 Å². The molecule has 46 valence electrons. The van der Waals surface area contributed by atoms with Gasteiger partial charge in [-0.2, -0.15) is 10.1 Å². The number of fused-ring (bicyclic) bond motifs is 1. The lowest BCUT2D eigenvalue weighted by atomic mass is 10.6. The summed E-state index contributed by atoms with van der Waals surface area (Å²) in [7, 11) is 0. The molecule has 0 aliphatic carbocycles. The number of H-pyrrole nitrogens is 2. The van der Waals surface area contributed by atoms with Gasteiger partial charge >= 0.3 is 5.56 Å². The highest BCUT2D eigenvalue weighted by Crippen LogP contribution is 1.98. The van der Waals surface area contributed by atoms with Gasteiger partial charge in [0.1, 0.15) is 0 Å². The van der Waals surface area contributed by atoms with Crippen LogP contribution in [0.5, 0.6) is 0 Å². The molecule has 9 heavy (non-hydrogen) atoms. The van der Waals surface area contributed by atoms with E-state index in [4.69, 9.17) is 0 Å². The predicted octanol–water partition coefficient (Wildman–Crippen LogP) is -0.156. The number of aromatic nitrogens is 3. The zero-order valence-corrected chi connectivity index (χ0v) is 4.34. The lowest BCUT2D eigenvalue weighted by Gasteiger charge is -1.62. The number of nitrogens with one attached hydrogen (secondary N) is 2. The van der Waals surface area contributed by atoms with Crippen LogP contribution in [0, 0.1) is 0 Å². The van der Waals surface area contributed by atoms with Gasteiger partial charge in [0.2, 0.25) is 0 Å². The third-order valence-corrected chi connectivity index (χ3v) is 1.07. The van der Waals surface area contributed by atoms with Gasteiger partial charge in [-0.15, -0.1) is 0 Å². The molecule has 0 aliphatic rings. The molecule has 0 aromatic carbocycles. The fraction of sp³-hybridized carbons (Fsp3) is 0. The molecule has 0 atom stereocenters. The Kier molecular flexibility index (Phi) is 0.606. The quantitative estimate of drug-likeness (QED) is 0.513. The van der Waals surface area contributed by atoms with Crippen molar-refractivity contribution < 1.29 is 4.52 Å². The highest BCUT2D eigenvalue weighted by Gasteiger charge is 2.02. The van der Waals surface area contributed by atoms with Crippen molar-refractivity contribution in [2.45, 2.75) is 0 Å². The lowest BCUT2D eigenvalue weighted by molar-refractivity contribution is 0.442. The molecule has 0 aliphatic heterocycles. The zero-order chi connectivity index (χ0) is 6.27. The van der Waals surface area contributed by atoms with E-state index < -0.39 is 0 Å². The Morgan fingerprint density at radius 2 is 2.56 bits per heavy atom. The van der Waals surface area contributed by atoms with E-state index in [2.05, 4.69) is 19.6 Å². The van der Waals surface area contributed by atoms with Gasteiger partial charge < -0.3 is 9.51 Å². The van der Waals surface area contributed by atoms with Gasteiger partial charge in [0, 0.05) is 0 Å². The van der Waals surface area contributed by atoms with E-state index in [1.54, 1.807) is 0 Å². The van der Waals surface area contributed by atoms with Crippen LogP contribution in [-0.4, -0.2) is 15.1 Å². The van der Waals surface area contributed by atoms with Crippen molar-refractivity contribution >= 4 is 11.2 Å². The van der Waals surface area contributed by atoms with E-state index in [9.17, 15) is 4.79 Å². The number of hydrogen-bond acceptors (Lipinski definition) is 3. The largest absolute Gasteiger partial charge is 0.356 e. The second-order valence-electron chi connectivity index (χ2n) is 1.62. The van der Waals surface area contributed by atoms with Crippen LogP contribution < -0.4 is 5.56 Å². The molecular weight excluding hydrogens is 122 g/mol. The predicted molar refractivity (Wildman–Crippen MR) is 29.0 cm³/mol. The van der Waals surface area contributed by atoms with Crippen molar-refractivity contribution in [1.29, 1.82) is 0 Å². The monoisotopic (exact) mass is 125 g/mol. The first kappa shape index (κ1) is 4.37. The molecule has 2 aromatic rings. The minimum atomic E-state index is -0.275. The molecule has 0 bridgehead atoms. The molecule has 0 amide bonds. The number of nitrogens with zero attached hydrogens (tertiary/aromatic N) is 1. The van der Waals surface area contributed by atoms with Crippen molar-refractivity contribution in [3.05, 3.63) is 16.7 Å². The number of aromatic amines is 2. The number of rotatable bonds is 0. The minimum Gasteiger partial charge on any atom is -0.356 e. The highest BCUT2D eigenvalue weighted by molar-refractivity contribution is 5.65. The first-order valence-corrected chi connectivity index (χ1v) is 2.38. The Morgan fingerprint density at radius 3 is 3.33 bits per heavy atom. The van der Waals surface area contributed by atoms with Crippen LogP contribution in [0.25, 0.3) is 11.2 Å². The molecule has 2 rings (SSSR count). The first-order valence-electron chi connectivity index (χ1n) is 2.38. The Hall–Kier alpha value is -1.52. The molecule has 0 saturated carbocycles. The highest BCUT2D eigenvalue weighted by atomic mass is 16.5. The fourth-order valence-corrected chi connectivity index (χ4v) is 0.668. The van der Waals surface area contributed by atoms with Gasteiger partial charge in [-0.3, -0.25) is 4.79 Å². The maximum atomic E-state index is 10.6. The Bertz CT molecular complexity index is 368. The Labute approximate surface area is 48.7 Å². The summed E-state index contributed by atoms with van der Waals surface area (Å²) >= 11 is 0. The van der Waals surface area contributed by atoms with E-state index in [0.717, 1.165) is 0 Å². The van der Waals surface area contributed by atoms with Crippen molar-refractivity contribution in [1.82, 2.24) is 15.1 Å². The van der Waals surface area contributed by atoms with Gasteiger partial charge in [-0.1, -0.05) is 0 Å². The smallest absolute Gasteiger partial charge is 0.306 e. The number of hydrogen-bond donors (Lipinski definition) is 2. The van der Waals surface area contributed by atoms with Crippen LogP contribution in [0.1, 0.15) is 0 Å². The van der Waals surface area contributed by atoms with Crippen LogP contribution in [0.4, 0.5) is 0 Å². The summed E-state index contributed by atoms with van der Waals surface area (Å²) in [4.78, 5) is 16.9. The summed E-state index contributed by atoms with van der Waals surface area (Å²) < 4.78 is 4.61. The second kappa shape index (κ2) is 1.25. The zero-order valence-electron chi connectivity index (χ0n) is 4.34. The topological polar surface area (TPSA) is 74.7 Å². The van der Waals surface area contributed by atoms with E-state index in [0.29, 0.717) is 11.2 Å². The molecular formula is C4H3N3O2. The Balaban J connectivity index is 3.17. The van der Waals surface area contributed by atoms with Crippen LogP contribution in [0.15, 0.2) is 15.6 Å². The third-order valence-electron chi connectivity index (χ3n) is 1.07. The minimum absolute atomic E-state index is 0.275. The SMILES string of the molecule is O=c1[nH]oc2nc[nH]c12. The van der Waals surface area contributed by atoms with Crippen molar-refractivity contribution in [3.8, 4) is 0 Å². The van der Waals surface area contributed by atoms with E-state index >= 15 is 0 Å². The van der Waals surface area contributed by atoms with Crippen molar-refractivity contribution in [3.63, 3.8) is 0 Å². The summed E-state index contributed by atoms with van der Waals surface area (Å²) in [5, 5.41) is 2.13. The molecule has 2 aromatic heterocycles. The van der Waals surface area contributed by atoms with Crippen LogP contribution >= 0.6 is 0 Å². The van der Waals surface area contributed by atoms with Crippen LogP contribution in [-0.2, 0) is 0 Å². The summed E-state index contributed by atoms with van der Waals surface area (Å²) in [6.45, 7) is 0. The van der Waals surface area contributed by atoms with Gasteiger partial charge in [0.25, 0.3) is 5.71 Å². The normalized spacial score (nSPS) is 10.7. The summed E-state index contributed by atoms with van der Waals surface area (Å²) in [6, 6.07) is 0. The van der Waals surface area contributed by atoms with Crippen molar-refractivity contribution in [2.24, 2.45) is 0 Å². The second-order valence-corrected chi connectivity index (χ2v) is 1.62. The third kappa shape index (κ3) is 0.426. The summed E-state index contributed by atoms with van der Waals surface area (Å²) in [5.41, 5.74) is 0.428. The van der Waals surface area contributed by atoms with Gasteiger partial charge in [-0.05, 0) is 0 Å². The fourth-order valence-electron chi connectivity index (χ4n) is 0.668. The maximum Gasteiger partial charge on any atom is 0.306 e. The van der Waals surface area contributed by atoms with Gasteiger partial charge in [0.15, 0.2) is 5.52 Å². The number of imidazole rings is 1. The lowest BCUT2D eigenvalue weighted by Crippen LogP contribution is -1.96. The summed E-state index contributed by atoms with van der Waals surface area (Å²) in [5.74, 6) is 0. The molecule has 0 radical (unpaired) electrons. The van der Waals surface area contributed by atoms with Gasteiger partial charge in [-0.25, -0.2) is 0 Å². The van der Waals surface area contributed by atoms with E-state index in [1.807, 2.05) is 0 Å². The molecule has 5 nitrogen and oxygen atoms in total. The molecule has 0 unspecified atom stereocenters. The summed E-state index contributed by atoms with van der Waals surface area (Å²) in [6.07, 6.45) is 1.41. The molecule has 2 heterocycles. The maximum absolute atomic E-state index is 10.6. The van der Waals surface area contributed by atoms with Crippen LogP contribution in [0.2, 0.25) is 0 Å². The van der Waals surface area contributed by atoms with Crippen LogP contribution in [0.3, 0.4) is 0 Å². The average molecular weight is 125 g/mol. The molecule has 0 spiro atoms. The van der Waals surface area contributed by atoms with E-state index in [1.165, 1.54) is 6.33 Å². The first-order chi connectivity index (χ1) is 4.38. The Morgan fingerprint density at radius 1 is 1.67 bits per heavy atom. The van der Waals surface area contributed by atoms with Crippen molar-refractivity contribution in [2.75, 3.05) is 0 Å². The average Bonchev–Trinajstić information content (AvgIpc) is 2.35. The molecule has 2 N–H and O–H groups in total. The molecule has 0 saturated heterocycles.